The van der Waals surface area contributed by atoms with Crippen molar-refractivity contribution >= 4 is 11.7 Å². The SMILES string of the molecule is Cn1cc(NC(=O)N2CCOC3(CCC3)C2)c(-c2ccccc2)n1. The van der Waals surface area contributed by atoms with E-state index in [4.69, 9.17) is 4.74 Å². The maximum atomic E-state index is 12.7. The largest absolute Gasteiger partial charge is 0.371 e. The van der Waals surface area contributed by atoms with Crippen molar-refractivity contribution in [3.8, 4) is 11.3 Å². The first-order valence-corrected chi connectivity index (χ1v) is 8.44. The van der Waals surface area contributed by atoms with E-state index in [1.165, 1.54) is 6.42 Å². The van der Waals surface area contributed by atoms with Gasteiger partial charge in [-0.05, 0) is 19.3 Å². The fourth-order valence-electron chi connectivity index (χ4n) is 3.48. The summed E-state index contributed by atoms with van der Waals surface area (Å²) in [6.07, 6.45) is 5.15. The molecule has 1 aliphatic heterocycles. The summed E-state index contributed by atoms with van der Waals surface area (Å²) >= 11 is 0. The monoisotopic (exact) mass is 326 g/mol. The highest BCUT2D eigenvalue weighted by molar-refractivity contribution is 5.93. The molecule has 1 saturated heterocycles. The minimum absolute atomic E-state index is 0.0743. The summed E-state index contributed by atoms with van der Waals surface area (Å²) < 4.78 is 7.62. The molecular formula is C18H22N4O2. The van der Waals surface area contributed by atoms with Gasteiger partial charge in [0.25, 0.3) is 0 Å². The molecule has 1 aromatic heterocycles. The van der Waals surface area contributed by atoms with Crippen LogP contribution in [0.2, 0.25) is 0 Å². The second-order valence-corrected chi connectivity index (χ2v) is 6.67. The van der Waals surface area contributed by atoms with Crippen molar-refractivity contribution in [1.29, 1.82) is 0 Å². The Labute approximate surface area is 141 Å². The summed E-state index contributed by atoms with van der Waals surface area (Å²) in [7, 11) is 1.86. The van der Waals surface area contributed by atoms with Crippen LogP contribution in [0.5, 0.6) is 0 Å². The molecule has 6 nitrogen and oxygen atoms in total. The first kappa shape index (κ1) is 15.2. The number of urea groups is 1. The zero-order valence-electron chi connectivity index (χ0n) is 13.9. The molecule has 2 fully saturated rings. The van der Waals surface area contributed by atoms with Gasteiger partial charge < -0.3 is 15.0 Å². The van der Waals surface area contributed by atoms with Crippen molar-refractivity contribution in [1.82, 2.24) is 14.7 Å². The lowest BCUT2D eigenvalue weighted by atomic mass is 9.79. The Morgan fingerprint density at radius 2 is 2.08 bits per heavy atom. The third-order valence-corrected chi connectivity index (χ3v) is 4.92. The normalized spacial score (nSPS) is 19.1. The average molecular weight is 326 g/mol. The van der Waals surface area contributed by atoms with Crippen LogP contribution in [0.3, 0.4) is 0 Å². The minimum atomic E-state index is -0.0905. The Bertz CT molecular complexity index is 737. The summed E-state index contributed by atoms with van der Waals surface area (Å²) in [5.41, 5.74) is 2.43. The van der Waals surface area contributed by atoms with Crippen LogP contribution in [0.1, 0.15) is 19.3 Å². The number of morpholine rings is 1. The number of hydrogen-bond acceptors (Lipinski definition) is 3. The number of anilines is 1. The molecule has 1 spiro atoms. The van der Waals surface area contributed by atoms with E-state index < -0.39 is 0 Å². The lowest BCUT2D eigenvalue weighted by molar-refractivity contribution is -0.140. The van der Waals surface area contributed by atoms with Crippen molar-refractivity contribution in [2.75, 3.05) is 25.0 Å². The topological polar surface area (TPSA) is 59.4 Å². The Morgan fingerprint density at radius 1 is 1.29 bits per heavy atom. The molecule has 6 heteroatoms. The Morgan fingerprint density at radius 3 is 2.79 bits per heavy atom. The van der Waals surface area contributed by atoms with E-state index in [0.29, 0.717) is 19.7 Å². The van der Waals surface area contributed by atoms with Crippen molar-refractivity contribution < 1.29 is 9.53 Å². The maximum Gasteiger partial charge on any atom is 0.322 e. The van der Waals surface area contributed by atoms with Gasteiger partial charge in [-0.3, -0.25) is 4.68 Å². The van der Waals surface area contributed by atoms with Gasteiger partial charge in [-0.25, -0.2) is 4.79 Å². The maximum absolute atomic E-state index is 12.7. The summed E-state index contributed by atoms with van der Waals surface area (Å²) in [5, 5.41) is 7.53. The predicted octanol–water partition coefficient (Wildman–Crippen LogP) is 2.87. The number of nitrogens with zero attached hydrogens (tertiary/aromatic N) is 3. The van der Waals surface area contributed by atoms with Crippen molar-refractivity contribution in [2.24, 2.45) is 7.05 Å². The standard InChI is InChI=1S/C18H22N4O2/c1-21-12-15(16(20-21)14-6-3-2-4-7-14)19-17(23)22-10-11-24-18(13-22)8-5-9-18/h2-4,6-7,12H,5,8-11,13H2,1H3,(H,19,23). The van der Waals surface area contributed by atoms with E-state index in [0.717, 1.165) is 29.8 Å². The number of rotatable bonds is 2. The fourth-order valence-corrected chi connectivity index (χ4v) is 3.48. The molecule has 1 aromatic carbocycles. The van der Waals surface area contributed by atoms with E-state index in [9.17, 15) is 4.79 Å². The third-order valence-electron chi connectivity index (χ3n) is 4.92. The molecule has 2 aliphatic rings. The van der Waals surface area contributed by atoms with Gasteiger partial charge in [0, 0.05) is 25.4 Å². The first-order valence-electron chi connectivity index (χ1n) is 8.44. The van der Waals surface area contributed by atoms with Gasteiger partial charge in [0.2, 0.25) is 0 Å². The Kier molecular flexibility index (Phi) is 3.76. The lowest BCUT2D eigenvalue weighted by Crippen LogP contribution is -2.57. The van der Waals surface area contributed by atoms with Crippen LogP contribution in [-0.2, 0) is 11.8 Å². The van der Waals surface area contributed by atoms with E-state index in [2.05, 4.69) is 10.4 Å². The quantitative estimate of drug-likeness (QED) is 0.923. The molecular weight excluding hydrogens is 304 g/mol. The molecule has 2 heterocycles. The Balaban J connectivity index is 1.52. The van der Waals surface area contributed by atoms with Crippen molar-refractivity contribution in [3.05, 3.63) is 36.5 Å². The van der Waals surface area contributed by atoms with Gasteiger partial charge in [0.05, 0.1) is 24.4 Å². The molecule has 0 radical (unpaired) electrons. The fraction of sp³-hybridized carbons (Fsp3) is 0.444. The third kappa shape index (κ3) is 2.78. The lowest BCUT2D eigenvalue weighted by Gasteiger charge is -2.48. The number of nitrogens with one attached hydrogen (secondary N) is 1. The molecule has 2 amide bonds. The number of aryl methyl sites for hydroxylation is 1. The number of amides is 2. The first-order chi connectivity index (χ1) is 11.7. The van der Waals surface area contributed by atoms with Gasteiger partial charge in [0.15, 0.2) is 0 Å². The van der Waals surface area contributed by atoms with Crippen molar-refractivity contribution in [3.63, 3.8) is 0 Å². The van der Waals surface area contributed by atoms with Crippen LogP contribution in [-0.4, -0.2) is 46.0 Å². The van der Waals surface area contributed by atoms with E-state index in [1.807, 2.05) is 48.5 Å². The molecule has 4 rings (SSSR count). The van der Waals surface area contributed by atoms with Crippen LogP contribution in [0, 0.1) is 0 Å². The number of carbonyl (C=O) groups excluding carboxylic acids is 1. The number of aromatic nitrogens is 2. The minimum Gasteiger partial charge on any atom is -0.371 e. The van der Waals surface area contributed by atoms with Gasteiger partial charge in [-0.2, -0.15) is 5.10 Å². The van der Waals surface area contributed by atoms with Gasteiger partial charge >= 0.3 is 6.03 Å². The number of hydrogen-bond donors (Lipinski definition) is 1. The molecule has 24 heavy (non-hydrogen) atoms. The molecule has 1 N–H and O–H groups in total. The Hall–Kier alpha value is -2.34. The van der Waals surface area contributed by atoms with Crippen LogP contribution in [0.4, 0.5) is 10.5 Å². The smallest absolute Gasteiger partial charge is 0.322 e. The molecule has 1 saturated carbocycles. The van der Waals surface area contributed by atoms with Crippen molar-refractivity contribution in [2.45, 2.75) is 24.9 Å². The molecule has 0 atom stereocenters. The average Bonchev–Trinajstić information content (AvgIpc) is 2.94. The summed E-state index contributed by atoms with van der Waals surface area (Å²) in [6.45, 7) is 1.93. The van der Waals surface area contributed by atoms with Crippen LogP contribution < -0.4 is 5.32 Å². The summed E-state index contributed by atoms with van der Waals surface area (Å²) in [5.74, 6) is 0. The molecule has 0 unspecified atom stereocenters. The second-order valence-electron chi connectivity index (χ2n) is 6.67. The van der Waals surface area contributed by atoms with Gasteiger partial charge in [-0.1, -0.05) is 30.3 Å². The zero-order valence-corrected chi connectivity index (χ0v) is 13.9. The molecule has 2 aromatic rings. The van der Waals surface area contributed by atoms with Gasteiger partial charge in [0.1, 0.15) is 5.69 Å². The zero-order chi connectivity index (χ0) is 16.6. The molecule has 126 valence electrons. The molecule has 0 bridgehead atoms. The summed E-state index contributed by atoms with van der Waals surface area (Å²) in [6, 6.07) is 9.83. The van der Waals surface area contributed by atoms with Crippen LogP contribution in [0.25, 0.3) is 11.3 Å². The van der Waals surface area contributed by atoms with E-state index in [-0.39, 0.29) is 11.6 Å². The van der Waals surface area contributed by atoms with E-state index in [1.54, 1.807) is 4.68 Å². The highest BCUT2D eigenvalue weighted by atomic mass is 16.5. The molecule has 1 aliphatic carbocycles. The number of ether oxygens (including phenoxy) is 1. The highest BCUT2D eigenvalue weighted by Crippen LogP contribution is 2.38. The van der Waals surface area contributed by atoms with E-state index >= 15 is 0 Å². The van der Waals surface area contributed by atoms with Crippen LogP contribution in [0.15, 0.2) is 36.5 Å². The highest BCUT2D eigenvalue weighted by Gasteiger charge is 2.43. The van der Waals surface area contributed by atoms with Crippen LogP contribution >= 0.6 is 0 Å². The number of benzene rings is 1. The predicted molar refractivity (Wildman–Crippen MR) is 91.8 cm³/mol. The van der Waals surface area contributed by atoms with Gasteiger partial charge in [-0.15, -0.1) is 0 Å². The second kappa shape index (κ2) is 5.94. The summed E-state index contributed by atoms with van der Waals surface area (Å²) in [4.78, 5) is 14.6. The number of carbonyl (C=O) groups is 1.